The van der Waals surface area contributed by atoms with Crippen molar-refractivity contribution in [3.8, 4) is 0 Å². The van der Waals surface area contributed by atoms with Gasteiger partial charge in [-0.3, -0.25) is 4.57 Å². The van der Waals surface area contributed by atoms with E-state index in [4.69, 9.17) is 30.7 Å². The first-order chi connectivity index (χ1) is 9.84. The topological polar surface area (TPSA) is 172 Å². The number of hydrogen-bond donors (Lipinski definition) is 4. The molecule has 1 fully saturated rings. The Kier molecular flexibility index (Phi) is 3.30. The van der Waals surface area contributed by atoms with Crippen LogP contribution in [0.4, 0.5) is 11.8 Å². The van der Waals surface area contributed by atoms with E-state index < -0.39 is 19.7 Å². The molecule has 3 heterocycles. The average Bonchev–Trinajstić information content (AvgIpc) is 2.97. The Balaban J connectivity index is 1.82. The predicted octanol–water partition coefficient (Wildman–Crippen LogP) is -1.13. The molecule has 0 bridgehead atoms. The minimum atomic E-state index is -4.44. The van der Waals surface area contributed by atoms with Crippen molar-refractivity contribution in [3.63, 3.8) is 0 Å². The normalized spacial score (nSPS) is 23.0. The number of aromatic nitrogens is 4. The van der Waals surface area contributed by atoms with E-state index >= 15 is 0 Å². The molecule has 21 heavy (non-hydrogen) atoms. The lowest BCUT2D eigenvalue weighted by Gasteiger charge is -2.13. The SMILES string of the molecule is Nc1nc(N)c2ncn(CC3COC(P(=O)(O)O)O3)c2n1. The first kappa shape index (κ1) is 14.2. The molecule has 2 atom stereocenters. The molecule has 2 aromatic rings. The van der Waals surface area contributed by atoms with E-state index in [9.17, 15) is 4.57 Å². The Bertz CT molecular complexity index is 729. The van der Waals surface area contributed by atoms with E-state index in [1.54, 1.807) is 4.57 Å². The molecule has 114 valence electrons. The van der Waals surface area contributed by atoms with Crippen LogP contribution in [0.25, 0.3) is 11.2 Å². The molecular formula is C9H13N6O5P. The van der Waals surface area contributed by atoms with E-state index in [0.717, 1.165) is 0 Å². The van der Waals surface area contributed by atoms with Crippen molar-refractivity contribution in [1.29, 1.82) is 0 Å². The second-order valence-corrected chi connectivity index (χ2v) is 6.12. The molecule has 1 saturated heterocycles. The highest BCUT2D eigenvalue weighted by atomic mass is 31.2. The summed E-state index contributed by atoms with van der Waals surface area (Å²) in [6.45, 7) is 0.286. The van der Waals surface area contributed by atoms with Crippen LogP contribution in [0.15, 0.2) is 6.33 Å². The summed E-state index contributed by atoms with van der Waals surface area (Å²) >= 11 is 0. The van der Waals surface area contributed by atoms with Gasteiger partial charge < -0.3 is 35.3 Å². The van der Waals surface area contributed by atoms with Crippen LogP contribution in [-0.2, 0) is 20.6 Å². The van der Waals surface area contributed by atoms with E-state index in [2.05, 4.69) is 15.0 Å². The summed E-state index contributed by atoms with van der Waals surface area (Å²) in [6.07, 6.45) is 0.931. The Labute approximate surface area is 118 Å². The number of rotatable bonds is 3. The lowest BCUT2D eigenvalue weighted by atomic mass is 10.4. The van der Waals surface area contributed by atoms with E-state index in [1.807, 2.05) is 0 Å². The first-order valence-electron chi connectivity index (χ1n) is 5.90. The predicted molar refractivity (Wildman–Crippen MR) is 70.8 cm³/mol. The Hall–Kier alpha value is -1.78. The van der Waals surface area contributed by atoms with E-state index in [1.165, 1.54) is 6.33 Å². The van der Waals surface area contributed by atoms with Crippen LogP contribution in [0.2, 0.25) is 0 Å². The number of imidazole rings is 1. The number of nitrogens with zero attached hydrogens (tertiary/aromatic N) is 4. The summed E-state index contributed by atoms with van der Waals surface area (Å²) in [5, 5.41) is 0. The van der Waals surface area contributed by atoms with Gasteiger partial charge in [0.25, 0.3) is 6.03 Å². The van der Waals surface area contributed by atoms with Crippen molar-refractivity contribution in [2.24, 2.45) is 0 Å². The zero-order chi connectivity index (χ0) is 15.2. The second-order valence-electron chi connectivity index (χ2n) is 4.52. The van der Waals surface area contributed by atoms with Crippen molar-refractivity contribution in [3.05, 3.63) is 6.33 Å². The maximum atomic E-state index is 11.1. The number of hydrogen-bond acceptors (Lipinski definition) is 8. The molecule has 1 aliphatic rings. The highest BCUT2D eigenvalue weighted by Gasteiger charge is 2.39. The number of nitrogen functional groups attached to an aromatic ring is 2. The quantitative estimate of drug-likeness (QED) is 0.507. The minimum Gasteiger partial charge on any atom is -0.382 e. The smallest absolute Gasteiger partial charge is 0.381 e. The Morgan fingerprint density at radius 1 is 1.43 bits per heavy atom. The van der Waals surface area contributed by atoms with Gasteiger partial charge in [-0.25, -0.2) is 4.98 Å². The third-order valence-electron chi connectivity index (χ3n) is 2.92. The van der Waals surface area contributed by atoms with Gasteiger partial charge in [-0.05, 0) is 0 Å². The fourth-order valence-corrected chi connectivity index (χ4v) is 2.65. The molecular weight excluding hydrogens is 303 g/mol. The maximum absolute atomic E-state index is 11.1. The first-order valence-corrected chi connectivity index (χ1v) is 7.59. The Morgan fingerprint density at radius 3 is 2.86 bits per heavy atom. The van der Waals surface area contributed by atoms with Crippen LogP contribution in [-0.4, -0.2) is 48.0 Å². The number of nitrogens with two attached hydrogens (primary N) is 2. The monoisotopic (exact) mass is 316 g/mol. The molecule has 0 saturated carbocycles. The largest absolute Gasteiger partial charge is 0.382 e. The van der Waals surface area contributed by atoms with Crippen LogP contribution in [0.5, 0.6) is 0 Å². The molecule has 2 aromatic heterocycles. The van der Waals surface area contributed by atoms with Crippen LogP contribution < -0.4 is 11.5 Å². The van der Waals surface area contributed by atoms with E-state index in [-0.39, 0.29) is 24.9 Å². The fourth-order valence-electron chi connectivity index (χ4n) is 2.04. The molecule has 11 nitrogen and oxygen atoms in total. The third-order valence-corrected chi connectivity index (χ3v) is 3.74. The number of anilines is 2. The van der Waals surface area contributed by atoms with Crippen LogP contribution in [0.3, 0.4) is 0 Å². The number of ether oxygens (including phenoxy) is 2. The van der Waals surface area contributed by atoms with Crippen molar-refractivity contribution in [2.75, 3.05) is 18.1 Å². The van der Waals surface area contributed by atoms with Crippen LogP contribution in [0.1, 0.15) is 0 Å². The molecule has 2 unspecified atom stereocenters. The molecule has 6 N–H and O–H groups in total. The fraction of sp³-hybridized carbons (Fsp3) is 0.444. The summed E-state index contributed by atoms with van der Waals surface area (Å²) in [7, 11) is -4.44. The molecule has 1 aliphatic heterocycles. The molecule has 0 spiro atoms. The zero-order valence-electron chi connectivity index (χ0n) is 10.7. The van der Waals surface area contributed by atoms with Crippen LogP contribution >= 0.6 is 7.60 Å². The lowest BCUT2D eigenvalue weighted by molar-refractivity contribution is -0.0146. The van der Waals surface area contributed by atoms with Gasteiger partial charge in [0.15, 0.2) is 11.5 Å². The summed E-state index contributed by atoms with van der Waals surface area (Å²) in [4.78, 5) is 29.9. The average molecular weight is 316 g/mol. The summed E-state index contributed by atoms with van der Waals surface area (Å²) in [5.41, 5.74) is 12.0. The molecule has 0 aliphatic carbocycles. The molecule has 0 amide bonds. The molecule has 0 radical (unpaired) electrons. The maximum Gasteiger partial charge on any atom is 0.381 e. The Morgan fingerprint density at radius 2 is 2.19 bits per heavy atom. The summed E-state index contributed by atoms with van der Waals surface area (Å²) < 4.78 is 22.8. The highest BCUT2D eigenvalue weighted by molar-refractivity contribution is 7.52. The van der Waals surface area contributed by atoms with Gasteiger partial charge in [0, 0.05) is 0 Å². The van der Waals surface area contributed by atoms with Crippen molar-refractivity contribution in [1.82, 2.24) is 19.5 Å². The standard InChI is InChI=1S/C9H13N6O5P/c10-6-5-7(14-8(11)13-6)15(3-12-5)1-4-2-19-9(20-4)21(16,17)18/h3-4,9H,1-2H2,(H2,16,17,18)(H4,10,11,13,14). The van der Waals surface area contributed by atoms with Gasteiger partial charge in [-0.1, -0.05) is 0 Å². The van der Waals surface area contributed by atoms with Gasteiger partial charge in [-0.15, -0.1) is 0 Å². The highest BCUT2D eigenvalue weighted by Crippen LogP contribution is 2.45. The molecule has 12 heteroatoms. The van der Waals surface area contributed by atoms with Gasteiger partial charge in [-0.2, -0.15) is 9.97 Å². The van der Waals surface area contributed by atoms with Gasteiger partial charge >= 0.3 is 7.60 Å². The second kappa shape index (κ2) is 4.90. The van der Waals surface area contributed by atoms with Gasteiger partial charge in [0.1, 0.15) is 11.6 Å². The lowest BCUT2D eigenvalue weighted by Crippen LogP contribution is -2.19. The molecule has 3 rings (SSSR count). The summed E-state index contributed by atoms with van der Waals surface area (Å²) in [5.74, 6) is 0.173. The summed E-state index contributed by atoms with van der Waals surface area (Å²) in [6, 6.07) is -1.54. The van der Waals surface area contributed by atoms with Crippen molar-refractivity contribution < 1.29 is 23.8 Å². The molecule has 0 aromatic carbocycles. The number of fused-ring (bicyclic) bond motifs is 1. The van der Waals surface area contributed by atoms with Crippen molar-refractivity contribution >= 4 is 30.5 Å². The third kappa shape index (κ3) is 2.69. The van der Waals surface area contributed by atoms with E-state index in [0.29, 0.717) is 11.2 Å². The minimum absolute atomic E-state index is 0.0124. The zero-order valence-corrected chi connectivity index (χ0v) is 11.6. The van der Waals surface area contributed by atoms with Gasteiger partial charge in [0.2, 0.25) is 5.95 Å². The van der Waals surface area contributed by atoms with Crippen LogP contribution in [0, 0.1) is 0 Å². The van der Waals surface area contributed by atoms with Gasteiger partial charge in [0.05, 0.1) is 19.5 Å². The van der Waals surface area contributed by atoms with Crippen molar-refractivity contribution in [2.45, 2.75) is 18.7 Å².